The van der Waals surface area contributed by atoms with Gasteiger partial charge >= 0.3 is 0 Å². The lowest BCUT2D eigenvalue weighted by Crippen LogP contribution is -2.47. The molecule has 2 rings (SSSR count). The number of rotatable bonds is 7. The number of carbonyl (C=O) groups excluding carboxylic acids is 1. The number of nitrogens with one attached hydrogen (secondary N) is 1. The number of hydrogen-bond donors (Lipinski definition) is 2. The molecule has 142 valence electrons. The minimum absolute atomic E-state index is 0.00472. The summed E-state index contributed by atoms with van der Waals surface area (Å²) in [6.07, 6.45) is 2.16. The SMILES string of the molecule is COCc1nc([C@H]2CC[C@@H](O)[C@H](NC(=O)CC(C)C)C2)n(C(C)C)n1. The van der Waals surface area contributed by atoms with Gasteiger partial charge in [-0.3, -0.25) is 4.79 Å². The Balaban J connectivity index is 2.13. The molecule has 1 amide bonds. The van der Waals surface area contributed by atoms with E-state index in [9.17, 15) is 9.90 Å². The number of amides is 1. The first-order chi connectivity index (χ1) is 11.8. The Labute approximate surface area is 150 Å². The molecule has 1 saturated carbocycles. The fourth-order valence-electron chi connectivity index (χ4n) is 3.41. The van der Waals surface area contributed by atoms with Crippen LogP contribution in [-0.4, -0.2) is 45.0 Å². The summed E-state index contributed by atoms with van der Waals surface area (Å²) in [4.78, 5) is 16.8. The van der Waals surface area contributed by atoms with E-state index in [2.05, 4.69) is 29.2 Å². The number of carbonyl (C=O) groups is 1. The smallest absolute Gasteiger partial charge is 0.220 e. The molecule has 1 aromatic rings. The normalized spacial score (nSPS) is 24.1. The van der Waals surface area contributed by atoms with Gasteiger partial charge in [-0.2, -0.15) is 5.10 Å². The predicted octanol–water partition coefficient (Wildman–Crippen LogP) is 2.16. The fourth-order valence-corrected chi connectivity index (χ4v) is 3.41. The molecule has 2 N–H and O–H groups in total. The van der Waals surface area contributed by atoms with Crippen LogP contribution in [0.1, 0.15) is 77.0 Å². The first-order valence-corrected chi connectivity index (χ1v) is 9.23. The van der Waals surface area contributed by atoms with E-state index in [1.54, 1.807) is 7.11 Å². The van der Waals surface area contributed by atoms with Crippen molar-refractivity contribution in [2.75, 3.05) is 7.11 Å². The lowest BCUT2D eigenvalue weighted by molar-refractivity contribution is -0.123. The summed E-state index contributed by atoms with van der Waals surface area (Å²) in [5, 5.41) is 17.9. The molecule has 0 radical (unpaired) electrons. The summed E-state index contributed by atoms with van der Waals surface area (Å²) in [5.41, 5.74) is 0. The van der Waals surface area contributed by atoms with Gasteiger partial charge in [0.1, 0.15) is 12.4 Å². The van der Waals surface area contributed by atoms with Crippen molar-refractivity contribution in [2.24, 2.45) is 5.92 Å². The maximum atomic E-state index is 12.1. The van der Waals surface area contributed by atoms with E-state index in [1.807, 2.05) is 18.5 Å². The summed E-state index contributed by atoms with van der Waals surface area (Å²) >= 11 is 0. The third-order valence-electron chi connectivity index (χ3n) is 4.58. The first-order valence-electron chi connectivity index (χ1n) is 9.23. The van der Waals surface area contributed by atoms with Crippen LogP contribution in [0.25, 0.3) is 0 Å². The third kappa shape index (κ3) is 5.25. The Bertz CT molecular complexity index is 571. The molecule has 0 unspecified atom stereocenters. The molecule has 7 heteroatoms. The number of aliphatic hydroxyl groups is 1. The lowest BCUT2D eigenvalue weighted by atomic mass is 9.83. The summed E-state index contributed by atoms with van der Waals surface area (Å²) in [6, 6.07) is -0.0258. The minimum atomic E-state index is -0.499. The zero-order chi connectivity index (χ0) is 18.6. The van der Waals surface area contributed by atoms with Gasteiger partial charge in [0.25, 0.3) is 0 Å². The predicted molar refractivity (Wildman–Crippen MR) is 95.1 cm³/mol. The van der Waals surface area contributed by atoms with Crippen LogP contribution in [0.3, 0.4) is 0 Å². The lowest BCUT2D eigenvalue weighted by Gasteiger charge is -2.34. The molecule has 0 aliphatic heterocycles. The van der Waals surface area contributed by atoms with E-state index in [0.29, 0.717) is 37.6 Å². The van der Waals surface area contributed by atoms with E-state index in [-0.39, 0.29) is 23.9 Å². The molecule has 1 heterocycles. The molecule has 0 aromatic carbocycles. The van der Waals surface area contributed by atoms with E-state index in [4.69, 9.17) is 4.74 Å². The highest BCUT2D eigenvalue weighted by molar-refractivity contribution is 5.76. The van der Waals surface area contributed by atoms with Gasteiger partial charge in [0, 0.05) is 25.5 Å². The molecule has 0 saturated heterocycles. The average Bonchev–Trinajstić information content (AvgIpc) is 2.93. The van der Waals surface area contributed by atoms with Crippen LogP contribution in [0, 0.1) is 5.92 Å². The zero-order valence-corrected chi connectivity index (χ0v) is 16.0. The van der Waals surface area contributed by atoms with E-state index < -0.39 is 6.10 Å². The van der Waals surface area contributed by atoms with Crippen molar-refractivity contribution in [3.63, 3.8) is 0 Å². The topological polar surface area (TPSA) is 89.3 Å². The number of hydrogen-bond acceptors (Lipinski definition) is 5. The van der Waals surface area contributed by atoms with Crippen molar-refractivity contribution >= 4 is 5.91 Å². The molecule has 3 atom stereocenters. The van der Waals surface area contributed by atoms with Crippen molar-refractivity contribution in [2.45, 2.75) is 84.1 Å². The third-order valence-corrected chi connectivity index (χ3v) is 4.58. The van der Waals surface area contributed by atoms with Gasteiger partial charge in [-0.15, -0.1) is 0 Å². The van der Waals surface area contributed by atoms with Crippen molar-refractivity contribution in [1.82, 2.24) is 20.1 Å². The van der Waals surface area contributed by atoms with Gasteiger partial charge < -0.3 is 15.2 Å². The monoisotopic (exact) mass is 352 g/mol. The Morgan fingerprint density at radius 3 is 2.68 bits per heavy atom. The molecule has 0 spiro atoms. The Morgan fingerprint density at radius 1 is 1.36 bits per heavy atom. The standard InChI is InChI=1S/C18H32N4O3/c1-11(2)8-17(24)19-14-9-13(6-7-15(14)23)18-20-16(10-25-5)21-22(18)12(3)4/h11-15,23H,6-10H2,1-5H3,(H,19,24)/t13-,14+,15+/m0/s1. The van der Waals surface area contributed by atoms with Crippen LogP contribution < -0.4 is 5.32 Å². The van der Waals surface area contributed by atoms with Crippen LogP contribution in [0.4, 0.5) is 0 Å². The van der Waals surface area contributed by atoms with Crippen LogP contribution >= 0.6 is 0 Å². The highest BCUT2D eigenvalue weighted by Gasteiger charge is 2.34. The van der Waals surface area contributed by atoms with E-state index >= 15 is 0 Å². The Hall–Kier alpha value is -1.47. The van der Waals surface area contributed by atoms with Crippen molar-refractivity contribution < 1.29 is 14.6 Å². The number of aromatic nitrogens is 3. The van der Waals surface area contributed by atoms with Crippen LogP contribution in [-0.2, 0) is 16.1 Å². The van der Waals surface area contributed by atoms with Crippen LogP contribution in [0.15, 0.2) is 0 Å². The summed E-state index contributed by atoms with van der Waals surface area (Å²) in [7, 11) is 1.63. The van der Waals surface area contributed by atoms with Crippen molar-refractivity contribution in [1.29, 1.82) is 0 Å². The molecule has 1 aromatic heterocycles. The van der Waals surface area contributed by atoms with E-state index in [0.717, 1.165) is 12.2 Å². The largest absolute Gasteiger partial charge is 0.391 e. The maximum absolute atomic E-state index is 12.1. The second-order valence-corrected chi connectivity index (χ2v) is 7.71. The Kier molecular flexibility index (Phi) is 6.95. The van der Waals surface area contributed by atoms with Crippen LogP contribution in [0.2, 0.25) is 0 Å². The number of ether oxygens (including phenoxy) is 1. The van der Waals surface area contributed by atoms with Gasteiger partial charge in [-0.25, -0.2) is 9.67 Å². The quantitative estimate of drug-likeness (QED) is 0.785. The maximum Gasteiger partial charge on any atom is 0.220 e. The summed E-state index contributed by atoms with van der Waals surface area (Å²) < 4.78 is 7.10. The van der Waals surface area contributed by atoms with Crippen molar-refractivity contribution in [3.8, 4) is 0 Å². The van der Waals surface area contributed by atoms with Gasteiger partial charge in [0.2, 0.25) is 5.91 Å². The fraction of sp³-hybridized carbons (Fsp3) is 0.833. The van der Waals surface area contributed by atoms with Gasteiger partial charge in [-0.1, -0.05) is 13.8 Å². The molecular weight excluding hydrogens is 320 g/mol. The molecule has 0 bridgehead atoms. The average molecular weight is 352 g/mol. The second-order valence-electron chi connectivity index (χ2n) is 7.71. The van der Waals surface area contributed by atoms with Gasteiger partial charge in [0.15, 0.2) is 5.82 Å². The molecule has 1 aliphatic rings. The molecular formula is C18H32N4O3. The van der Waals surface area contributed by atoms with Crippen molar-refractivity contribution in [3.05, 3.63) is 11.6 Å². The number of methoxy groups -OCH3 is 1. The van der Waals surface area contributed by atoms with E-state index in [1.165, 1.54) is 0 Å². The highest BCUT2D eigenvalue weighted by Crippen LogP contribution is 2.33. The molecule has 1 aliphatic carbocycles. The Morgan fingerprint density at radius 2 is 2.08 bits per heavy atom. The highest BCUT2D eigenvalue weighted by atomic mass is 16.5. The van der Waals surface area contributed by atoms with Gasteiger partial charge in [0.05, 0.1) is 12.1 Å². The number of aliphatic hydroxyl groups excluding tert-OH is 1. The molecule has 7 nitrogen and oxygen atoms in total. The second kappa shape index (κ2) is 8.76. The minimum Gasteiger partial charge on any atom is -0.391 e. The number of nitrogens with zero attached hydrogens (tertiary/aromatic N) is 3. The van der Waals surface area contributed by atoms with Gasteiger partial charge in [-0.05, 0) is 39.0 Å². The summed E-state index contributed by atoms with van der Waals surface area (Å²) in [5.74, 6) is 2.09. The molecule has 1 fully saturated rings. The first kappa shape index (κ1) is 19.8. The summed E-state index contributed by atoms with van der Waals surface area (Å²) in [6.45, 7) is 8.57. The molecule has 25 heavy (non-hydrogen) atoms. The van der Waals surface area contributed by atoms with Crippen LogP contribution in [0.5, 0.6) is 0 Å². The zero-order valence-electron chi connectivity index (χ0n) is 16.0.